The number of hydrogen-bond donors (Lipinski definition) is 1. The molecule has 0 unspecified atom stereocenters. The number of carbonyl (C=O) groups is 1. The highest BCUT2D eigenvalue weighted by molar-refractivity contribution is 6.23. The molecule has 0 heterocycles. The van der Waals surface area contributed by atoms with Crippen LogP contribution in [-0.2, 0) is 4.79 Å². The van der Waals surface area contributed by atoms with Crippen molar-refractivity contribution < 1.29 is 9.90 Å². The second kappa shape index (κ2) is 4.70. The molecule has 0 aliphatic heterocycles. The van der Waals surface area contributed by atoms with E-state index in [1.807, 2.05) is 6.92 Å². The molecular weight excluding hydrogens is 272 g/mol. The first kappa shape index (κ1) is 13.1. The molecule has 0 fully saturated rings. The predicted octanol–water partition coefficient (Wildman–Crippen LogP) is 5.16. The summed E-state index contributed by atoms with van der Waals surface area (Å²) in [5.41, 5.74) is 1.12. The SMILES string of the molecule is C[C@H](CC(=O)O)c1ccc2ccc3cccc4ccc1c2c34. The van der Waals surface area contributed by atoms with Gasteiger partial charge in [-0.15, -0.1) is 0 Å². The molecule has 108 valence electrons. The van der Waals surface area contributed by atoms with Crippen LogP contribution in [0.3, 0.4) is 0 Å². The first-order chi connectivity index (χ1) is 10.6. The van der Waals surface area contributed by atoms with Crippen LogP contribution in [-0.4, -0.2) is 11.1 Å². The fourth-order valence-corrected chi connectivity index (χ4v) is 3.56. The average molecular weight is 288 g/mol. The summed E-state index contributed by atoms with van der Waals surface area (Å²) in [5.74, 6) is -0.750. The van der Waals surface area contributed by atoms with Gasteiger partial charge in [0.2, 0.25) is 0 Å². The van der Waals surface area contributed by atoms with Gasteiger partial charge >= 0.3 is 5.97 Å². The van der Waals surface area contributed by atoms with E-state index in [1.54, 1.807) is 0 Å². The summed E-state index contributed by atoms with van der Waals surface area (Å²) >= 11 is 0. The second-order valence-electron chi connectivity index (χ2n) is 6.01. The number of hydrogen-bond acceptors (Lipinski definition) is 1. The molecular formula is C20H16O2. The summed E-state index contributed by atoms with van der Waals surface area (Å²) in [6, 6.07) is 19.1. The molecule has 0 saturated carbocycles. The van der Waals surface area contributed by atoms with Gasteiger partial charge in [0.25, 0.3) is 0 Å². The Bertz CT molecular complexity index is 985. The lowest BCUT2D eigenvalue weighted by molar-refractivity contribution is -0.137. The molecule has 0 aliphatic carbocycles. The van der Waals surface area contributed by atoms with Gasteiger partial charge in [0.15, 0.2) is 0 Å². The quantitative estimate of drug-likeness (QED) is 0.528. The molecule has 2 nitrogen and oxygen atoms in total. The van der Waals surface area contributed by atoms with Crippen molar-refractivity contribution in [1.29, 1.82) is 0 Å². The van der Waals surface area contributed by atoms with E-state index in [-0.39, 0.29) is 12.3 Å². The van der Waals surface area contributed by atoms with E-state index >= 15 is 0 Å². The van der Waals surface area contributed by atoms with Crippen LogP contribution in [0.15, 0.2) is 54.6 Å². The van der Waals surface area contributed by atoms with Crippen LogP contribution < -0.4 is 0 Å². The second-order valence-corrected chi connectivity index (χ2v) is 6.01. The third kappa shape index (κ3) is 1.84. The molecule has 0 radical (unpaired) electrons. The maximum Gasteiger partial charge on any atom is 0.303 e. The maximum absolute atomic E-state index is 11.1. The van der Waals surface area contributed by atoms with Gasteiger partial charge < -0.3 is 5.11 Å². The van der Waals surface area contributed by atoms with Crippen LogP contribution in [0.5, 0.6) is 0 Å². The fourth-order valence-electron chi connectivity index (χ4n) is 3.56. The van der Waals surface area contributed by atoms with E-state index in [4.69, 9.17) is 5.11 Å². The van der Waals surface area contributed by atoms with E-state index in [0.717, 1.165) is 5.56 Å². The molecule has 4 aromatic rings. The number of aliphatic carboxylic acids is 1. The molecule has 22 heavy (non-hydrogen) atoms. The normalized spacial score (nSPS) is 13.1. The van der Waals surface area contributed by atoms with E-state index < -0.39 is 5.97 Å². The average Bonchev–Trinajstić information content (AvgIpc) is 2.51. The van der Waals surface area contributed by atoms with Crippen molar-refractivity contribution >= 4 is 38.3 Å². The fraction of sp³-hybridized carbons (Fsp3) is 0.150. The molecule has 0 amide bonds. The molecule has 4 rings (SSSR count). The highest BCUT2D eigenvalue weighted by Crippen LogP contribution is 2.38. The largest absolute Gasteiger partial charge is 0.481 e. The van der Waals surface area contributed by atoms with Crippen molar-refractivity contribution in [2.75, 3.05) is 0 Å². The summed E-state index contributed by atoms with van der Waals surface area (Å²) in [4.78, 5) is 11.1. The Kier molecular flexibility index (Phi) is 2.80. The van der Waals surface area contributed by atoms with E-state index in [9.17, 15) is 4.79 Å². The summed E-state index contributed by atoms with van der Waals surface area (Å²) in [6.45, 7) is 1.99. The number of rotatable bonds is 3. The minimum absolute atomic E-state index is 0.00192. The van der Waals surface area contributed by atoms with Gasteiger partial charge in [0, 0.05) is 0 Å². The van der Waals surface area contributed by atoms with Crippen LogP contribution in [0.1, 0.15) is 24.8 Å². The van der Waals surface area contributed by atoms with Crippen LogP contribution in [0.25, 0.3) is 32.3 Å². The molecule has 0 spiro atoms. The molecule has 4 aromatic carbocycles. The summed E-state index contributed by atoms with van der Waals surface area (Å²) in [5, 5.41) is 16.5. The Labute approximate surface area is 128 Å². The first-order valence-corrected chi connectivity index (χ1v) is 7.53. The summed E-state index contributed by atoms with van der Waals surface area (Å²) in [7, 11) is 0. The number of benzene rings is 4. The Morgan fingerprint density at radius 2 is 1.50 bits per heavy atom. The Morgan fingerprint density at radius 3 is 2.18 bits per heavy atom. The minimum atomic E-state index is -0.752. The first-order valence-electron chi connectivity index (χ1n) is 7.53. The molecule has 0 aromatic heterocycles. The third-order valence-corrected chi connectivity index (χ3v) is 4.57. The van der Waals surface area contributed by atoms with Gasteiger partial charge in [0.1, 0.15) is 0 Å². The van der Waals surface area contributed by atoms with Gasteiger partial charge in [0.05, 0.1) is 6.42 Å². The van der Waals surface area contributed by atoms with Gasteiger partial charge in [-0.3, -0.25) is 4.79 Å². The topological polar surface area (TPSA) is 37.3 Å². The molecule has 1 atom stereocenters. The van der Waals surface area contributed by atoms with E-state index in [2.05, 4.69) is 54.6 Å². The molecule has 2 heteroatoms. The zero-order chi connectivity index (χ0) is 15.3. The van der Waals surface area contributed by atoms with Crippen LogP contribution in [0, 0.1) is 0 Å². The van der Waals surface area contributed by atoms with Crippen molar-refractivity contribution in [3.05, 3.63) is 60.2 Å². The van der Waals surface area contributed by atoms with Crippen molar-refractivity contribution in [1.82, 2.24) is 0 Å². The highest BCUT2D eigenvalue weighted by Gasteiger charge is 2.16. The lowest BCUT2D eigenvalue weighted by Gasteiger charge is -2.17. The van der Waals surface area contributed by atoms with Crippen molar-refractivity contribution in [3.63, 3.8) is 0 Å². The van der Waals surface area contributed by atoms with Crippen LogP contribution in [0.4, 0.5) is 0 Å². The Balaban J connectivity index is 2.10. The predicted molar refractivity (Wildman–Crippen MR) is 90.8 cm³/mol. The lowest BCUT2D eigenvalue weighted by atomic mass is 9.87. The minimum Gasteiger partial charge on any atom is -0.481 e. The van der Waals surface area contributed by atoms with Crippen molar-refractivity contribution in [2.24, 2.45) is 0 Å². The zero-order valence-corrected chi connectivity index (χ0v) is 12.3. The highest BCUT2D eigenvalue weighted by atomic mass is 16.4. The number of carboxylic acid groups (broad SMARTS) is 1. The molecule has 0 saturated heterocycles. The molecule has 1 N–H and O–H groups in total. The summed E-state index contributed by atoms with van der Waals surface area (Å²) in [6.07, 6.45) is 0.157. The molecule has 0 bridgehead atoms. The summed E-state index contributed by atoms with van der Waals surface area (Å²) < 4.78 is 0. The van der Waals surface area contributed by atoms with Gasteiger partial charge in [-0.25, -0.2) is 0 Å². The Morgan fingerprint density at radius 1 is 0.909 bits per heavy atom. The lowest BCUT2D eigenvalue weighted by Crippen LogP contribution is -2.03. The number of carboxylic acids is 1. The van der Waals surface area contributed by atoms with Gasteiger partial charge in [-0.2, -0.15) is 0 Å². The van der Waals surface area contributed by atoms with Crippen LogP contribution in [0.2, 0.25) is 0 Å². The maximum atomic E-state index is 11.1. The van der Waals surface area contributed by atoms with Crippen molar-refractivity contribution in [3.8, 4) is 0 Å². The zero-order valence-electron chi connectivity index (χ0n) is 12.3. The smallest absolute Gasteiger partial charge is 0.303 e. The van der Waals surface area contributed by atoms with Gasteiger partial charge in [-0.1, -0.05) is 61.5 Å². The van der Waals surface area contributed by atoms with Gasteiger partial charge in [-0.05, 0) is 43.8 Å². The van der Waals surface area contributed by atoms with E-state index in [0.29, 0.717) is 0 Å². The monoisotopic (exact) mass is 288 g/mol. The molecule has 0 aliphatic rings. The van der Waals surface area contributed by atoms with Crippen LogP contribution >= 0.6 is 0 Å². The standard InChI is InChI=1S/C20H16O2/c1-12(11-18(21)22)16-9-7-15-6-5-13-3-2-4-14-8-10-17(16)20(15)19(13)14/h2-10,12H,11H2,1H3,(H,21,22)/t12-/m1/s1. The Hall–Kier alpha value is -2.61. The van der Waals surface area contributed by atoms with E-state index in [1.165, 1.54) is 32.3 Å². The van der Waals surface area contributed by atoms with Crippen molar-refractivity contribution in [2.45, 2.75) is 19.3 Å². The third-order valence-electron chi connectivity index (χ3n) is 4.57.